The molecule has 1 saturated carbocycles. The van der Waals surface area contributed by atoms with Crippen LogP contribution < -0.4 is 10.3 Å². The molecule has 2 aliphatic heterocycles. The van der Waals surface area contributed by atoms with Crippen LogP contribution in [0.25, 0.3) is 0 Å². The number of H-pyrrole nitrogens is 1. The smallest absolute Gasteiger partial charge is 0.225 e. The summed E-state index contributed by atoms with van der Waals surface area (Å²) in [6.45, 7) is 7.76. The van der Waals surface area contributed by atoms with Gasteiger partial charge in [-0.3, -0.25) is 14.9 Å². The van der Waals surface area contributed by atoms with E-state index in [0.29, 0.717) is 32.4 Å². The van der Waals surface area contributed by atoms with Crippen LogP contribution in [0.3, 0.4) is 0 Å². The Labute approximate surface area is 201 Å². The highest BCUT2D eigenvalue weighted by Gasteiger charge is 2.41. The largest absolute Gasteiger partial charge is 0.390 e. The van der Waals surface area contributed by atoms with Gasteiger partial charge in [0.05, 0.1) is 17.3 Å². The van der Waals surface area contributed by atoms with Gasteiger partial charge in [0.1, 0.15) is 0 Å². The molecule has 2 fully saturated rings. The van der Waals surface area contributed by atoms with Gasteiger partial charge in [0, 0.05) is 54.5 Å². The Morgan fingerprint density at radius 2 is 2.00 bits per heavy atom. The Kier molecular flexibility index (Phi) is 5.88. The summed E-state index contributed by atoms with van der Waals surface area (Å²) in [7, 11) is 0. The molecule has 1 aromatic carbocycles. The second-order valence-electron chi connectivity index (χ2n) is 11.2. The van der Waals surface area contributed by atoms with Crippen molar-refractivity contribution in [1.82, 2.24) is 15.1 Å². The van der Waals surface area contributed by atoms with Crippen LogP contribution in [0.15, 0.2) is 35.4 Å². The Balaban J connectivity index is 1.23. The number of aliphatic hydroxyl groups is 1. The number of benzene rings is 1. The van der Waals surface area contributed by atoms with Crippen LogP contribution in [-0.2, 0) is 10.2 Å². The van der Waals surface area contributed by atoms with Crippen molar-refractivity contribution in [2.24, 2.45) is 11.0 Å². The average Bonchev–Trinajstić information content (AvgIpc) is 3.36. The van der Waals surface area contributed by atoms with E-state index >= 15 is 0 Å². The minimum absolute atomic E-state index is 0.00779. The van der Waals surface area contributed by atoms with Crippen molar-refractivity contribution in [3.63, 3.8) is 0 Å². The van der Waals surface area contributed by atoms with Crippen LogP contribution in [0.5, 0.6) is 0 Å². The number of hydrogen-bond acceptors (Lipinski definition) is 6. The molecule has 34 heavy (non-hydrogen) atoms. The summed E-state index contributed by atoms with van der Waals surface area (Å²) in [6, 6.07) is 10.3. The molecule has 8 nitrogen and oxygen atoms in total. The lowest BCUT2D eigenvalue weighted by Crippen LogP contribution is -2.49. The summed E-state index contributed by atoms with van der Waals surface area (Å²) in [5.74, 6) is 1.31. The highest BCUT2D eigenvalue weighted by atomic mass is 16.3. The Morgan fingerprint density at radius 1 is 1.24 bits per heavy atom. The summed E-state index contributed by atoms with van der Waals surface area (Å²) in [6.07, 6.45) is 6.70. The van der Waals surface area contributed by atoms with Gasteiger partial charge in [-0.25, -0.2) is 0 Å². The highest BCUT2D eigenvalue weighted by molar-refractivity contribution is 5.81. The van der Waals surface area contributed by atoms with Crippen molar-refractivity contribution in [1.29, 1.82) is 0 Å². The first-order chi connectivity index (χ1) is 16.2. The predicted octanol–water partition coefficient (Wildman–Crippen LogP) is 4.17. The lowest BCUT2D eigenvalue weighted by atomic mass is 9.84. The van der Waals surface area contributed by atoms with Crippen molar-refractivity contribution in [3.8, 4) is 0 Å². The third-order valence-corrected chi connectivity index (χ3v) is 7.25. The summed E-state index contributed by atoms with van der Waals surface area (Å²) in [5.41, 5.74) is 2.25. The summed E-state index contributed by atoms with van der Waals surface area (Å²) in [5, 5.41) is 28.9. The zero-order valence-corrected chi connectivity index (χ0v) is 20.4. The van der Waals surface area contributed by atoms with E-state index in [0.717, 1.165) is 42.1 Å². The summed E-state index contributed by atoms with van der Waals surface area (Å²) in [4.78, 5) is 14.3. The normalized spacial score (nSPS) is 22.3. The molecule has 0 bridgehead atoms. The zero-order valence-electron chi connectivity index (χ0n) is 20.4. The number of aromatic amines is 1. The number of aromatic nitrogens is 2. The molecule has 1 aromatic heterocycles. The van der Waals surface area contributed by atoms with Gasteiger partial charge in [-0.05, 0) is 50.3 Å². The second-order valence-corrected chi connectivity index (χ2v) is 11.2. The van der Waals surface area contributed by atoms with Gasteiger partial charge in [0.25, 0.3) is 0 Å². The van der Waals surface area contributed by atoms with Crippen LogP contribution >= 0.6 is 0 Å². The summed E-state index contributed by atoms with van der Waals surface area (Å²) < 4.78 is 0. The van der Waals surface area contributed by atoms with Gasteiger partial charge in [-0.2, -0.15) is 10.2 Å². The fraction of sp³-hybridized carbons (Fsp3) is 0.577. The first-order valence-electron chi connectivity index (χ1n) is 12.5. The SMILES string of the molecule is CC(C)(C)c1cc(Nc2cccc(N3N=CCC3CC3(O)CCN(C(=O)C4CC4)CC3)c2)n[nH]1. The molecular weight excluding hydrogens is 428 g/mol. The Hall–Kier alpha value is -2.87. The van der Waals surface area contributed by atoms with Crippen LogP contribution in [0.4, 0.5) is 17.2 Å². The first kappa shape index (κ1) is 22.9. The van der Waals surface area contributed by atoms with E-state index < -0.39 is 5.60 Å². The molecule has 1 saturated heterocycles. The lowest BCUT2D eigenvalue weighted by Gasteiger charge is -2.40. The number of carbonyl (C=O) groups excluding carboxylic acids is 1. The first-order valence-corrected chi connectivity index (χ1v) is 12.5. The van der Waals surface area contributed by atoms with Gasteiger partial charge in [-0.1, -0.05) is 26.8 Å². The van der Waals surface area contributed by atoms with E-state index in [9.17, 15) is 9.90 Å². The number of nitrogens with zero attached hydrogens (tertiary/aromatic N) is 4. The Morgan fingerprint density at radius 3 is 2.68 bits per heavy atom. The van der Waals surface area contributed by atoms with Crippen molar-refractivity contribution >= 4 is 29.3 Å². The van der Waals surface area contributed by atoms with Crippen LogP contribution in [0.1, 0.15) is 65.0 Å². The van der Waals surface area contributed by atoms with Crippen molar-refractivity contribution in [3.05, 3.63) is 36.0 Å². The minimum Gasteiger partial charge on any atom is -0.390 e. The number of anilines is 3. The lowest BCUT2D eigenvalue weighted by molar-refractivity contribution is -0.137. The molecule has 8 heteroatoms. The van der Waals surface area contributed by atoms with Gasteiger partial charge >= 0.3 is 0 Å². The molecule has 1 atom stereocenters. The van der Waals surface area contributed by atoms with Gasteiger partial charge in [0.2, 0.25) is 5.91 Å². The van der Waals surface area contributed by atoms with E-state index in [1.165, 1.54) is 0 Å². The molecule has 0 radical (unpaired) electrons. The molecular formula is C26H36N6O2. The molecule has 1 unspecified atom stereocenters. The molecule has 182 valence electrons. The number of piperidine rings is 1. The maximum atomic E-state index is 12.4. The van der Waals surface area contributed by atoms with Crippen molar-refractivity contribution in [2.45, 2.75) is 76.4 Å². The minimum atomic E-state index is -0.759. The monoisotopic (exact) mass is 464 g/mol. The number of hydrogen-bond donors (Lipinski definition) is 3. The standard InChI is InChI=1S/C26H36N6O2/c1-25(2,3)22-16-23(30-29-22)28-19-5-4-6-20(15-19)32-21(9-12-27-32)17-26(34)10-13-31(14-11-26)24(33)18-7-8-18/h4-6,12,15-16,18,21,34H,7-11,13-14,17H2,1-3H3,(H2,28,29,30). The predicted molar refractivity (Wildman–Crippen MR) is 134 cm³/mol. The third kappa shape index (κ3) is 4.97. The molecule has 3 aliphatic rings. The molecule has 0 spiro atoms. The number of nitrogens with one attached hydrogen (secondary N) is 2. The molecule has 5 rings (SSSR count). The van der Waals surface area contributed by atoms with E-state index in [4.69, 9.17) is 0 Å². The molecule has 1 aliphatic carbocycles. The molecule has 2 aromatic rings. The fourth-order valence-electron chi connectivity index (χ4n) is 4.92. The van der Waals surface area contributed by atoms with Crippen LogP contribution in [0.2, 0.25) is 0 Å². The number of likely N-dealkylation sites (tertiary alicyclic amines) is 1. The number of carbonyl (C=O) groups is 1. The van der Waals surface area contributed by atoms with Crippen LogP contribution in [-0.4, -0.2) is 57.1 Å². The van der Waals surface area contributed by atoms with E-state index in [1.54, 1.807) is 0 Å². The zero-order chi connectivity index (χ0) is 23.9. The maximum absolute atomic E-state index is 12.4. The highest BCUT2D eigenvalue weighted by Crippen LogP contribution is 2.36. The second kappa shape index (κ2) is 8.73. The van der Waals surface area contributed by atoms with Crippen LogP contribution in [0, 0.1) is 5.92 Å². The quantitative estimate of drug-likeness (QED) is 0.596. The third-order valence-electron chi connectivity index (χ3n) is 7.25. The fourth-order valence-corrected chi connectivity index (χ4v) is 4.92. The average molecular weight is 465 g/mol. The van der Waals surface area contributed by atoms with Gasteiger partial charge in [0.15, 0.2) is 5.82 Å². The number of hydrazone groups is 1. The molecule has 1 amide bonds. The maximum Gasteiger partial charge on any atom is 0.225 e. The topological polar surface area (TPSA) is 96.8 Å². The van der Waals surface area contributed by atoms with E-state index in [1.807, 2.05) is 40.4 Å². The van der Waals surface area contributed by atoms with Gasteiger partial charge < -0.3 is 15.3 Å². The molecule has 3 N–H and O–H groups in total. The summed E-state index contributed by atoms with van der Waals surface area (Å²) >= 11 is 0. The van der Waals surface area contributed by atoms with Crippen molar-refractivity contribution < 1.29 is 9.90 Å². The van der Waals surface area contributed by atoms with Crippen molar-refractivity contribution in [2.75, 3.05) is 23.4 Å². The number of rotatable bonds is 6. The Bertz CT molecular complexity index is 1060. The van der Waals surface area contributed by atoms with E-state index in [-0.39, 0.29) is 23.3 Å². The van der Waals surface area contributed by atoms with Gasteiger partial charge in [-0.15, -0.1) is 0 Å². The molecule has 3 heterocycles. The number of amides is 1. The van der Waals surface area contributed by atoms with E-state index in [2.05, 4.69) is 47.5 Å².